The molecule has 4 heteroatoms. The normalized spacial score (nSPS) is 52.0. The molecule has 3 fully saturated rings. The largest absolute Gasteiger partial charge is 0.390 e. The van der Waals surface area contributed by atoms with Crippen LogP contribution in [0.5, 0.6) is 0 Å². The first-order valence-electron chi connectivity index (χ1n) is 9.80. The fourth-order valence-electron chi connectivity index (χ4n) is 7.06. The van der Waals surface area contributed by atoms with Crippen LogP contribution >= 0.6 is 0 Å². The molecular formula is C21H30O4. The highest BCUT2D eigenvalue weighted by atomic mass is 16.3. The highest BCUT2D eigenvalue weighted by Crippen LogP contribution is 2.65. The van der Waals surface area contributed by atoms with E-state index >= 15 is 0 Å². The lowest BCUT2D eigenvalue weighted by Gasteiger charge is -2.57. The number of ketones is 2. The molecule has 0 radical (unpaired) electrons. The van der Waals surface area contributed by atoms with Crippen molar-refractivity contribution in [1.29, 1.82) is 0 Å². The number of Topliss-reactive ketones (excluding diaryl/α,β-unsaturated/α-hetero) is 1. The van der Waals surface area contributed by atoms with E-state index in [1.54, 1.807) is 6.92 Å². The van der Waals surface area contributed by atoms with Crippen molar-refractivity contribution in [3.05, 3.63) is 11.6 Å². The summed E-state index contributed by atoms with van der Waals surface area (Å²) in [4.78, 5) is 25.1. The van der Waals surface area contributed by atoms with Gasteiger partial charge >= 0.3 is 0 Å². The van der Waals surface area contributed by atoms with E-state index in [0.717, 1.165) is 25.7 Å². The second-order valence-corrected chi connectivity index (χ2v) is 9.57. The smallest absolute Gasteiger partial charge is 0.159 e. The van der Waals surface area contributed by atoms with Crippen molar-refractivity contribution in [3.8, 4) is 0 Å². The van der Waals surface area contributed by atoms with Gasteiger partial charge in [0.1, 0.15) is 5.78 Å². The Labute approximate surface area is 149 Å². The molecule has 138 valence electrons. The van der Waals surface area contributed by atoms with E-state index in [1.807, 2.05) is 6.08 Å². The molecule has 0 spiro atoms. The summed E-state index contributed by atoms with van der Waals surface area (Å²) >= 11 is 0. The van der Waals surface area contributed by atoms with Gasteiger partial charge in [0, 0.05) is 11.8 Å². The first-order chi connectivity index (χ1) is 11.7. The molecule has 25 heavy (non-hydrogen) atoms. The third-order valence-electron chi connectivity index (χ3n) is 8.42. The SMILES string of the molecule is CC(=O)[C@H]1CC[C@H]2C3=CC(=O)[C@@H]4C[C@@H](O)[C@@H](O)C[C@]4(C)[C@H]3CC[C@]12C. The lowest BCUT2D eigenvalue weighted by atomic mass is 9.47. The van der Waals surface area contributed by atoms with Crippen molar-refractivity contribution < 1.29 is 19.8 Å². The van der Waals surface area contributed by atoms with Crippen LogP contribution in [0.1, 0.15) is 59.3 Å². The van der Waals surface area contributed by atoms with Crippen LogP contribution < -0.4 is 0 Å². The van der Waals surface area contributed by atoms with Gasteiger partial charge in [0.2, 0.25) is 0 Å². The predicted molar refractivity (Wildman–Crippen MR) is 93.7 cm³/mol. The average Bonchev–Trinajstić information content (AvgIpc) is 2.88. The van der Waals surface area contributed by atoms with Crippen molar-refractivity contribution in [2.24, 2.45) is 34.5 Å². The van der Waals surface area contributed by atoms with Crippen molar-refractivity contribution in [2.45, 2.75) is 71.5 Å². The maximum absolute atomic E-state index is 12.9. The molecule has 4 rings (SSSR count). The van der Waals surface area contributed by atoms with Crippen molar-refractivity contribution in [3.63, 3.8) is 0 Å². The highest BCUT2D eigenvalue weighted by Gasteiger charge is 2.60. The van der Waals surface area contributed by atoms with Crippen molar-refractivity contribution in [2.75, 3.05) is 0 Å². The zero-order valence-corrected chi connectivity index (χ0v) is 15.5. The van der Waals surface area contributed by atoms with E-state index in [4.69, 9.17) is 0 Å². The molecular weight excluding hydrogens is 316 g/mol. The lowest BCUT2D eigenvalue weighted by Crippen LogP contribution is -2.55. The van der Waals surface area contributed by atoms with Crippen LogP contribution in [-0.4, -0.2) is 34.0 Å². The second-order valence-electron chi connectivity index (χ2n) is 9.57. The average molecular weight is 346 g/mol. The van der Waals surface area contributed by atoms with Crippen LogP contribution in [0.15, 0.2) is 11.6 Å². The van der Waals surface area contributed by atoms with Gasteiger partial charge < -0.3 is 10.2 Å². The van der Waals surface area contributed by atoms with Gasteiger partial charge in [-0.05, 0) is 74.2 Å². The maximum Gasteiger partial charge on any atom is 0.159 e. The molecule has 0 saturated heterocycles. The van der Waals surface area contributed by atoms with E-state index in [2.05, 4.69) is 13.8 Å². The zero-order chi connectivity index (χ0) is 18.1. The Morgan fingerprint density at radius 2 is 1.72 bits per heavy atom. The molecule has 4 nitrogen and oxygen atoms in total. The van der Waals surface area contributed by atoms with Crippen LogP contribution in [0, 0.1) is 34.5 Å². The third-order valence-corrected chi connectivity index (χ3v) is 8.42. The molecule has 3 saturated carbocycles. The maximum atomic E-state index is 12.9. The molecule has 0 amide bonds. The third kappa shape index (κ3) is 2.26. The Bertz CT molecular complexity index is 652. The van der Waals surface area contributed by atoms with E-state index in [0.29, 0.717) is 24.7 Å². The van der Waals surface area contributed by atoms with Gasteiger partial charge in [-0.25, -0.2) is 0 Å². The monoisotopic (exact) mass is 346 g/mol. The number of carbonyl (C=O) groups is 2. The number of aliphatic hydroxyl groups is 2. The fourth-order valence-corrected chi connectivity index (χ4v) is 7.06. The van der Waals surface area contributed by atoms with E-state index in [9.17, 15) is 19.8 Å². The van der Waals surface area contributed by atoms with Crippen LogP contribution in [-0.2, 0) is 9.59 Å². The van der Waals surface area contributed by atoms with Gasteiger partial charge in [0.25, 0.3) is 0 Å². The second kappa shape index (κ2) is 5.50. The number of hydrogen-bond donors (Lipinski definition) is 2. The minimum Gasteiger partial charge on any atom is -0.390 e. The summed E-state index contributed by atoms with van der Waals surface area (Å²) in [6, 6.07) is 0. The summed E-state index contributed by atoms with van der Waals surface area (Å²) in [5, 5.41) is 20.4. The fraction of sp³-hybridized carbons (Fsp3) is 0.810. The molecule has 2 N–H and O–H groups in total. The highest BCUT2D eigenvalue weighted by molar-refractivity contribution is 5.94. The Kier molecular flexibility index (Phi) is 3.83. The quantitative estimate of drug-likeness (QED) is 0.765. The first kappa shape index (κ1) is 17.4. The van der Waals surface area contributed by atoms with E-state index < -0.39 is 12.2 Å². The van der Waals surface area contributed by atoms with Gasteiger partial charge in [-0.1, -0.05) is 19.4 Å². The number of fused-ring (bicyclic) bond motifs is 5. The van der Waals surface area contributed by atoms with Gasteiger partial charge in [-0.2, -0.15) is 0 Å². The Balaban J connectivity index is 1.74. The number of carbonyl (C=O) groups excluding carboxylic acids is 2. The number of aliphatic hydroxyl groups excluding tert-OH is 2. The molecule has 0 aromatic rings. The minimum absolute atomic E-state index is 0.0234. The number of hydrogen-bond acceptors (Lipinski definition) is 4. The molecule has 0 aliphatic heterocycles. The van der Waals surface area contributed by atoms with Crippen LogP contribution in [0.25, 0.3) is 0 Å². The van der Waals surface area contributed by atoms with E-state index in [-0.39, 0.29) is 34.2 Å². The summed E-state index contributed by atoms with van der Waals surface area (Å²) in [6.07, 6.45) is 5.10. The van der Waals surface area contributed by atoms with Crippen LogP contribution in [0.2, 0.25) is 0 Å². The summed E-state index contributed by atoms with van der Waals surface area (Å²) in [6.45, 7) is 6.09. The van der Waals surface area contributed by atoms with Crippen LogP contribution in [0.3, 0.4) is 0 Å². The van der Waals surface area contributed by atoms with Crippen LogP contribution in [0.4, 0.5) is 0 Å². The minimum atomic E-state index is -0.792. The zero-order valence-electron chi connectivity index (χ0n) is 15.5. The standard InChI is InChI=1S/C21H30O4/c1-11(22)13-4-5-14-12-8-17(23)16-9-18(24)19(25)10-21(16,3)15(12)6-7-20(13,14)2/h8,13-16,18-19,24-25H,4-7,9-10H2,1-3H3/t13-,14+,15+,16+,18-,19+,20-,21-/m1/s1. The van der Waals surface area contributed by atoms with E-state index in [1.165, 1.54) is 5.57 Å². The molecule has 4 aliphatic carbocycles. The predicted octanol–water partition coefficient (Wildman–Crippen LogP) is 2.67. The number of allylic oxidation sites excluding steroid dienone is 2. The van der Waals surface area contributed by atoms with Crippen molar-refractivity contribution in [1.82, 2.24) is 0 Å². The molecule has 0 aromatic carbocycles. The van der Waals surface area contributed by atoms with Gasteiger partial charge in [0.05, 0.1) is 12.2 Å². The molecule has 8 atom stereocenters. The Morgan fingerprint density at radius 1 is 1.04 bits per heavy atom. The van der Waals surface area contributed by atoms with Gasteiger partial charge in [0.15, 0.2) is 5.78 Å². The lowest BCUT2D eigenvalue weighted by molar-refractivity contribution is -0.143. The Hall–Kier alpha value is -1.00. The summed E-state index contributed by atoms with van der Waals surface area (Å²) in [7, 11) is 0. The summed E-state index contributed by atoms with van der Waals surface area (Å²) < 4.78 is 0. The first-order valence-corrected chi connectivity index (χ1v) is 9.80. The molecule has 0 unspecified atom stereocenters. The molecule has 0 heterocycles. The van der Waals surface area contributed by atoms with Crippen molar-refractivity contribution >= 4 is 11.6 Å². The number of rotatable bonds is 1. The topological polar surface area (TPSA) is 74.6 Å². The molecule has 0 aromatic heterocycles. The Morgan fingerprint density at radius 3 is 2.40 bits per heavy atom. The molecule has 4 aliphatic rings. The summed E-state index contributed by atoms with van der Waals surface area (Å²) in [5.74, 6) is 0.932. The molecule has 0 bridgehead atoms. The van der Waals surface area contributed by atoms with Gasteiger partial charge in [-0.15, -0.1) is 0 Å². The summed E-state index contributed by atoms with van der Waals surface area (Å²) in [5.41, 5.74) is 0.949. The van der Waals surface area contributed by atoms with Gasteiger partial charge in [-0.3, -0.25) is 9.59 Å².